The van der Waals surface area contributed by atoms with E-state index in [1.807, 2.05) is 71.5 Å². The van der Waals surface area contributed by atoms with E-state index >= 15 is 0 Å². The summed E-state index contributed by atoms with van der Waals surface area (Å²) < 4.78 is 1.81. The summed E-state index contributed by atoms with van der Waals surface area (Å²) in [4.78, 5) is 14.0. The highest BCUT2D eigenvalue weighted by Crippen LogP contribution is 2.10. The number of hydrogen-bond acceptors (Lipinski definition) is 3. The number of carbonyl (C=O) groups excluding carboxylic acids is 1. The number of aromatic nitrogens is 2. The first-order valence-electron chi connectivity index (χ1n) is 9.17. The van der Waals surface area contributed by atoms with Gasteiger partial charge in [0, 0.05) is 32.6 Å². The number of likely N-dealkylation sites (N-methyl/N-ethyl adjacent to an activating group) is 1. The van der Waals surface area contributed by atoms with Crippen LogP contribution in [0.5, 0.6) is 0 Å². The van der Waals surface area contributed by atoms with Gasteiger partial charge in [-0.1, -0.05) is 48.5 Å². The van der Waals surface area contributed by atoms with Gasteiger partial charge in [-0.05, 0) is 29.7 Å². The van der Waals surface area contributed by atoms with Crippen molar-refractivity contribution in [2.45, 2.75) is 25.4 Å². The number of nitrogens with zero attached hydrogens (tertiary/aromatic N) is 3. The van der Waals surface area contributed by atoms with Gasteiger partial charge in [-0.25, -0.2) is 4.68 Å². The van der Waals surface area contributed by atoms with Crippen LogP contribution in [-0.2, 0) is 17.6 Å². The Kier molecular flexibility index (Phi) is 6.39. The van der Waals surface area contributed by atoms with Crippen LogP contribution in [0.3, 0.4) is 0 Å². The number of hydrogen-bond donors (Lipinski definition) is 1. The van der Waals surface area contributed by atoms with Crippen LogP contribution in [-0.4, -0.2) is 45.4 Å². The Bertz CT molecular complexity index is 846. The number of aliphatic hydroxyl groups excluding tert-OH is 1. The smallest absolute Gasteiger partial charge is 0.222 e. The molecule has 5 heteroatoms. The first-order chi connectivity index (χ1) is 13.1. The molecule has 27 heavy (non-hydrogen) atoms. The van der Waals surface area contributed by atoms with Gasteiger partial charge in [0.15, 0.2) is 0 Å². The lowest BCUT2D eigenvalue weighted by atomic mass is 10.1. The van der Waals surface area contributed by atoms with Gasteiger partial charge in [0.25, 0.3) is 0 Å². The van der Waals surface area contributed by atoms with E-state index in [-0.39, 0.29) is 5.91 Å². The number of benzene rings is 2. The van der Waals surface area contributed by atoms with E-state index in [1.54, 1.807) is 18.1 Å². The van der Waals surface area contributed by atoms with Gasteiger partial charge in [0.2, 0.25) is 5.91 Å². The van der Waals surface area contributed by atoms with E-state index in [0.29, 0.717) is 25.8 Å². The summed E-state index contributed by atoms with van der Waals surface area (Å²) in [5.74, 6) is 0.0228. The third-order valence-corrected chi connectivity index (χ3v) is 4.51. The second-order valence-electron chi connectivity index (χ2n) is 6.75. The van der Waals surface area contributed by atoms with Crippen LogP contribution in [0.4, 0.5) is 0 Å². The number of aryl methyl sites for hydroxylation is 1. The van der Waals surface area contributed by atoms with Crippen LogP contribution in [0.25, 0.3) is 5.69 Å². The molecule has 0 spiro atoms. The van der Waals surface area contributed by atoms with Gasteiger partial charge in [-0.2, -0.15) is 5.10 Å². The molecule has 1 heterocycles. The Morgan fingerprint density at radius 1 is 1.07 bits per heavy atom. The molecule has 3 aromatic rings. The van der Waals surface area contributed by atoms with Gasteiger partial charge in [0.05, 0.1) is 18.0 Å². The number of amides is 1. The first-order valence-corrected chi connectivity index (χ1v) is 9.17. The molecule has 1 aromatic heterocycles. The minimum Gasteiger partial charge on any atom is -0.391 e. The van der Waals surface area contributed by atoms with Crippen molar-refractivity contribution in [2.75, 3.05) is 13.6 Å². The molecule has 0 aliphatic carbocycles. The van der Waals surface area contributed by atoms with E-state index in [1.165, 1.54) is 0 Å². The molecule has 0 fully saturated rings. The second-order valence-corrected chi connectivity index (χ2v) is 6.75. The molecule has 0 saturated heterocycles. The molecule has 1 N–H and O–H groups in total. The van der Waals surface area contributed by atoms with Crippen LogP contribution in [0, 0.1) is 0 Å². The molecule has 0 bridgehead atoms. The van der Waals surface area contributed by atoms with Crippen molar-refractivity contribution in [3.8, 4) is 5.69 Å². The topological polar surface area (TPSA) is 58.4 Å². The fraction of sp³-hybridized carbons (Fsp3) is 0.273. The molecule has 140 valence electrons. The zero-order valence-electron chi connectivity index (χ0n) is 15.5. The standard InChI is InChI=1S/C22H25N3O2/c1-24(17-21(26)14-18-8-4-2-5-9-18)22(27)13-12-19-15-23-25(16-19)20-10-6-3-7-11-20/h2-11,15-16,21,26H,12-14,17H2,1H3. The van der Waals surface area contributed by atoms with Gasteiger partial charge in [-0.3, -0.25) is 4.79 Å². The third kappa shape index (κ3) is 5.53. The molecule has 1 unspecified atom stereocenters. The molecular formula is C22H25N3O2. The van der Waals surface area contributed by atoms with E-state index in [2.05, 4.69) is 5.10 Å². The summed E-state index contributed by atoms with van der Waals surface area (Å²) in [5, 5.41) is 14.6. The van der Waals surface area contributed by atoms with E-state index in [4.69, 9.17) is 0 Å². The fourth-order valence-corrected chi connectivity index (χ4v) is 3.02. The van der Waals surface area contributed by atoms with Gasteiger partial charge in [0.1, 0.15) is 0 Å². The molecule has 2 aromatic carbocycles. The molecule has 0 saturated carbocycles. The third-order valence-electron chi connectivity index (χ3n) is 4.51. The van der Waals surface area contributed by atoms with E-state index < -0.39 is 6.10 Å². The SMILES string of the molecule is CN(CC(O)Cc1ccccc1)C(=O)CCc1cnn(-c2ccccc2)c1. The predicted molar refractivity (Wildman–Crippen MR) is 106 cm³/mol. The predicted octanol–water partition coefficient (Wildman–Crippen LogP) is 2.87. The van der Waals surface area contributed by atoms with Crippen LogP contribution < -0.4 is 0 Å². The molecule has 0 radical (unpaired) electrons. The quantitative estimate of drug-likeness (QED) is 0.669. The molecule has 1 amide bonds. The van der Waals surface area contributed by atoms with Gasteiger partial charge in [-0.15, -0.1) is 0 Å². The van der Waals surface area contributed by atoms with Crippen molar-refractivity contribution in [1.29, 1.82) is 0 Å². The van der Waals surface area contributed by atoms with Crippen molar-refractivity contribution >= 4 is 5.91 Å². The Morgan fingerprint density at radius 2 is 1.74 bits per heavy atom. The van der Waals surface area contributed by atoms with Crippen LogP contribution in [0.1, 0.15) is 17.5 Å². The Hall–Kier alpha value is -2.92. The average Bonchev–Trinajstić information content (AvgIpc) is 3.16. The number of rotatable bonds is 8. The van der Waals surface area contributed by atoms with Crippen molar-refractivity contribution in [1.82, 2.24) is 14.7 Å². The Balaban J connectivity index is 1.46. The molecular weight excluding hydrogens is 338 g/mol. The van der Waals surface area contributed by atoms with E-state index in [9.17, 15) is 9.90 Å². The number of para-hydroxylation sites is 1. The second kappa shape index (κ2) is 9.14. The molecule has 1 atom stereocenters. The summed E-state index contributed by atoms with van der Waals surface area (Å²) in [6.45, 7) is 0.330. The molecule has 0 aliphatic heterocycles. The van der Waals surface area contributed by atoms with Crippen molar-refractivity contribution < 1.29 is 9.90 Å². The molecule has 5 nitrogen and oxygen atoms in total. The zero-order chi connectivity index (χ0) is 19.1. The van der Waals surface area contributed by atoms with Crippen molar-refractivity contribution in [3.63, 3.8) is 0 Å². The summed E-state index contributed by atoms with van der Waals surface area (Å²) in [5.41, 5.74) is 3.08. The summed E-state index contributed by atoms with van der Waals surface area (Å²) >= 11 is 0. The summed E-state index contributed by atoms with van der Waals surface area (Å²) in [6, 6.07) is 19.7. The summed E-state index contributed by atoms with van der Waals surface area (Å²) in [6.07, 6.45) is 4.75. The lowest BCUT2D eigenvalue weighted by Gasteiger charge is -2.21. The van der Waals surface area contributed by atoms with Gasteiger partial charge >= 0.3 is 0 Å². The Morgan fingerprint density at radius 3 is 2.44 bits per heavy atom. The largest absolute Gasteiger partial charge is 0.391 e. The molecule has 3 rings (SSSR count). The minimum absolute atomic E-state index is 0.0228. The average molecular weight is 363 g/mol. The molecule has 0 aliphatic rings. The Labute approximate surface area is 159 Å². The highest BCUT2D eigenvalue weighted by Gasteiger charge is 2.14. The van der Waals surface area contributed by atoms with Crippen LogP contribution in [0.15, 0.2) is 73.1 Å². The van der Waals surface area contributed by atoms with Gasteiger partial charge < -0.3 is 10.0 Å². The maximum absolute atomic E-state index is 12.4. The summed E-state index contributed by atoms with van der Waals surface area (Å²) in [7, 11) is 1.74. The van der Waals surface area contributed by atoms with Crippen LogP contribution in [0.2, 0.25) is 0 Å². The lowest BCUT2D eigenvalue weighted by molar-refractivity contribution is -0.131. The number of carbonyl (C=O) groups is 1. The van der Waals surface area contributed by atoms with E-state index in [0.717, 1.165) is 16.8 Å². The highest BCUT2D eigenvalue weighted by atomic mass is 16.3. The van der Waals surface area contributed by atoms with Crippen molar-refractivity contribution in [2.24, 2.45) is 0 Å². The first kappa shape index (κ1) is 18.9. The maximum atomic E-state index is 12.4. The number of aliphatic hydroxyl groups is 1. The lowest BCUT2D eigenvalue weighted by Crippen LogP contribution is -2.35. The monoisotopic (exact) mass is 363 g/mol. The normalized spacial score (nSPS) is 11.9. The van der Waals surface area contributed by atoms with Crippen LogP contribution >= 0.6 is 0 Å². The highest BCUT2D eigenvalue weighted by molar-refractivity contribution is 5.76. The fourth-order valence-electron chi connectivity index (χ4n) is 3.02. The minimum atomic E-state index is -0.567. The zero-order valence-corrected chi connectivity index (χ0v) is 15.5. The van der Waals surface area contributed by atoms with Crippen molar-refractivity contribution in [3.05, 3.63) is 84.2 Å². The maximum Gasteiger partial charge on any atom is 0.222 e.